The second-order valence-corrected chi connectivity index (χ2v) is 7.09. The van der Waals surface area contributed by atoms with Crippen molar-refractivity contribution in [1.82, 2.24) is 20.0 Å². The molecule has 2 fully saturated rings. The maximum absolute atomic E-state index is 4.49. The lowest BCUT2D eigenvalue weighted by Gasteiger charge is -2.42. The van der Waals surface area contributed by atoms with Gasteiger partial charge in [-0.1, -0.05) is 0 Å². The highest BCUT2D eigenvalue weighted by Gasteiger charge is 2.43. The Bertz CT molecular complexity index is 480. The Labute approximate surface area is 123 Å². The van der Waals surface area contributed by atoms with Gasteiger partial charge in [0.1, 0.15) is 0 Å². The normalized spacial score (nSPS) is 28.8. The van der Waals surface area contributed by atoms with Gasteiger partial charge >= 0.3 is 0 Å². The van der Waals surface area contributed by atoms with Gasteiger partial charge in [0.05, 0.1) is 15.9 Å². The molecule has 2 aliphatic rings. The van der Waals surface area contributed by atoms with Gasteiger partial charge in [0.2, 0.25) is 0 Å². The van der Waals surface area contributed by atoms with Crippen molar-refractivity contribution in [2.24, 2.45) is 13.0 Å². The Morgan fingerprint density at radius 2 is 2.21 bits per heavy atom. The molecule has 2 heterocycles. The van der Waals surface area contributed by atoms with E-state index in [0.717, 1.165) is 37.8 Å². The monoisotopic (exact) mass is 326 g/mol. The minimum atomic E-state index is 0.318. The fourth-order valence-electron chi connectivity index (χ4n) is 3.29. The second kappa shape index (κ2) is 4.86. The molecule has 5 heteroatoms. The summed E-state index contributed by atoms with van der Waals surface area (Å²) in [7, 11) is 2.04. The summed E-state index contributed by atoms with van der Waals surface area (Å²) >= 11 is 3.67. The fourth-order valence-corrected chi connectivity index (χ4v) is 3.75. The predicted octanol–water partition coefficient (Wildman–Crippen LogP) is 2.06. The van der Waals surface area contributed by atoms with E-state index in [2.05, 4.69) is 45.1 Å². The summed E-state index contributed by atoms with van der Waals surface area (Å²) < 4.78 is 3.18. The summed E-state index contributed by atoms with van der Waals surface area (Å²) in [6.45, 7) is 8.80. The minimum Gasteiger partial charge on any atom is -0.309 e. The molecule has 1 saturated carbocycles. The summed E-state index contributed by atoms with van der Waals surface area (Å²) in [4.78, 5) is 2.57. The molecule has 1 aliphatic heterocycles. The molecule has 1 aromatic heterocycles. The smallest absolute Gasteiger partial charge is 0.0739 e. The molecule has 3 rings (SSSR count). The van der Waals surface area contributed by atoms with Crippen molar-refractivity contribution in [3.8, 4) is 0 Å². The van der Waals surface area contributed by atoms with E-state index in [1.54, 1.807) is 0 Å². The van der Waals surface area contributed by atoms with Crippen LogP contribution in [-0.2, 0) is 13.6 Å². The second-order valence-electron chi connectivity index (χ2n) is 6.30. The Morgan fingerprint density at radius 3 is 2.79 bits per heavy atom. The zero-order valence-corrected chi connectivity index (χ0v) is 13.6. The Kier molecular flexibility index (Phi) is 3.48. The number of aryl methyl sites for hydroxylation is 2. The van der Waals surface area contributed by atoms with Gasteiger partial charge in [-0.25, -0.2) is 0 Å². The molecule has 0 bridgehead atoms. The van der Waals surface area contributed by atoms with Gasteiger partial charge in [0.25, 0.3) is 0 Å². The first kappa shape index (κ1) is 13.6. The molecule has 0 radical (unpaired) electrons. The highest BCUT2D eigenvalue weighted by atomic mass is 79.9. The van der Waals surface area contributed by atoms with Crippen LogP contribution in [0.4, 0.5) is 0 Å². The molecule has 1 aromatic rings. The number of nitrogens with zero attached hydrogens (tertiary/aromatic N) is 3. The Morgan fingerprint density at radius 1 is 1.47 bits per heavy atom. The molecule has 4 nitrogen and oxygen atoms in total. The zero-order chi connectivity index (χ0) is 13.6. The van der Waals surface area contributed by atoms with E-state index in [4.69, 9.17) is 0 Å². The molecule has 1 unspecified atom stereocenters. The fraction of sp³-hybridized carbons (Fsp3) is 0.786. The number of piperazine rings is 1. The van der Waals surface area contributed by atoms with Crippen LogP contribution in [0.5, 0.6) is 0 Å². The average molecular weight is 327 g/mol. The first-order valence-corrected chi connectivity index (χ1v) is 7.94. The lowest BCUT2D eigenvalue weighted by molar-refractivity contribution is 0.119. The van der Waals surface area contributed by atoms with E-state index < -0.39 is 0 Å². The lowest BCUT2D eigenvalue weighted by atomic mass is 9.93. The van der Waals surface area contributed by atoms with Gasteiger partial charge in [0.15, 0.2) is 0 Å². The van der Waals surface area contributed by atoms with Crippen molar-refractivity contribution in [2.75, 3.05) is 19.6 Å². The van der Waals surface area contributed by atoms with E-state index in [9.17, 15) is 0 Å². The Balaban J connectivity index is 1.72. The van der Waals surface area contributed by atoms with Crippen molar-refractivity contribution >= 4 is 15.9 Å². The Hall–Kier alpha value is -0.390. The maximum Gasteiger partial charge on any atom is 0.0739 e. The summed E-state index contributed by atoms with van der Waals surface area (Å²) in [6, 6.07) is 0. The van der Waals surface area contributed by atoms with Crippen molar-refractivity contribution in [3.05, 3.63) is 15.9 Å². The first-order chi connectivity index (χ1) is 8.99. The number of hydrogen-bond donors (Lipinski definition) is 1. The van der Waals surface area contributed by atoms with Crippen molar-refractivity contribution in [1.29, 1.82) is 0 Å². The molecule has 1 N–H and O–H groups in total. The number of hydrogen-bond acceptors (Lipinski definition) is 3. The van der Waals surface area contributed by atoms with Crippen molar-refractivity contribution in [2.45, 2.75) is 38.8 Å². The van der Waals surface area contributed by atoms with E-state index in [1.165, 1.54) is 23.0 Å². The number of nitrogens with one attached hydrogen (secondary N) is 1. The maximum atomic E-state index is 4.49. The van der Waals surface area contributed by atoms with E-state index in [0.29, 0.717) is 5.54 Å². The quantitative estimate of drug-likeness (QED) is 0.923. The molecule has 1 saturated heterocycles. The molecule has 0 spiro atoms. The van der Waals surface area contributed by atoms with Crippen molar-refractivity contribution in [3.63, 3.8) is 0 Å². The van der Waals surface area contributed by atoms with Gasteiger partial charge < -0.3 is 5.32 Å². The highest BCUT2D eigenvalue weighted by molar-refractivity contribution is 9.10. The molecule has 19 heavy (non-hydrogen) atoms. The van der Waals surface area contributed by atoms with Crippen LogP contribution in [0.2, 0.25) is 0 Å². The van der Waals surface area contributed by atoms with Crippen LogP contribution in [0.1, 0.15) is 31.2 Å². The molecular formula is C14H23BrN4. The third-order valence-corrected chi connectivity index (χ3v) is 5.65. The molecule has 1 aliphatic carbocycles. The third-order valence-electron chi connectivity index (χ3n) is 4.62. The van der Waals surface area contributed by atoms with Crippen LogP contribution >= 0.6 is 15.9 Å². The van der Waals surface area contributed by atoms with Crippen LogP contribution < -0.4 is 5.32 Å². The number of aromatic nitrogens is 2. The summed E-state index contributed by atoms with van der Waals surface area (Å²) in [5, 5.41) is 8.22. The van der Waals surface area contributed by atoms with Crippen LogP contribution in [0.25, 0.3) is 0 Å². The van der Waals surface area contributed by atoms with Crippen LogP contribution in [0.15, 0.2) is 4.47 Å². The van der Waals surface area contributed by atoms with Gasteiger partial charge in [-0.15, -0.1) is 0 Å². The average Bonchev–Trinajstić information content (AvgIpc) is 3.16. The number of rotatable bonds is 3. The zero-order valence-electron chi connectivity index (χ0n) is 12.0. The van der Waals surface area contributed by atoms with Crippen molar-refractivity contribution < 1.29 is 0 Å². The van der Waals surface area contributed by atoms with Gasteiger partial charge in [-0.05, 0) is 48.5 Å². The highest BCUT2D eigenvalue weighted by Crippen LogP contribution is 2.41. The van der Waals surface area contributed by atoms with Crippen LogP contribution in [0.3, 0.4) is 0 Å². The van der Waals surface area contributed by atoms with E-state index >= 15 is 0 Å². The number of halogens is 1. The van der Waals surface area contributed by atoms with Crippen LogP contribution in [-0.4, -0.2) is 39.9 Å². The molecular weight excluding hydrogens is 304 g/mol. The molecule has 0 aromatic carbocycles. The SMILES string of the molecule is Cc1nn(C)c(CN2CCNC(C)(C3CC3)C2)c1Br. The van der Waals surface area contributed by atoms with Gasteiger partial charge in [0, 0.05) is 38.8 Å². The molecule has 106 valence electrons. The summed E-state index contributed by atoms with van der Waals surface area (Å²) in [5.41, 5.74) is 2.69. The topological polar surface area (TPSA) is 33.1 Å². The lowest BCUT2D eigenvalue weighted by Crippen LogP contribution is -2.59. The van der Waals surface area contributed by atoms with E-state index in [-0.39, 0.29) is 0 Å². The minimum absolute atomic E-state index is 0.318. The van der Waals surface area contributed by atoms with Crippen LogP contribution in [0, 0.1) is 12.8 Å². The molecule has 1 atom stereocenters. The van der Waals surface area contributed by atoms with Gasteiger partial charge in [-0.2, -0.15) is 5.10 Å². The largest absolute Gasteiger partial charge is 0.309 e. The third kappa shape index (κ3) is 2.60. The standard InChI is InChI=1S/C14H23BrN4/c1-10-13(15)12(18(3)17-10)8-19-7-6-16-14(2,9-19)11-4-5-11/h11,16H,4-9H2,1-3H3. The molecule has 0 amide bonds. The summed E-state index contributed by atoms with van der Waals surface area (Å²) in [6.07, 6.45) is 2.79. The van der Waals surface area contributed by atoms with Gasteiger partial charge in [-0.3, -0.25) is 9.58 Å². The van der Waals surface area contributed by atoms with E-state index in [1.807, 2.05) is 11.7 Å². The summed E-state index contributed by atoms with van der Waals surface area (Å²) in [5.74, 6) is 0.881. The predicted molar refractivity (Wildman–Crippen MR) is 80.1 cm³/mol. The first-order valence-electron chi connectivity index (χ1n) is 7.15.